The Labute approximate surface area is 130 Å². The van der Waals surface area contributed by atoms with Gasteiger partial charge in [0.1, 0.15) is 0 Å². The van der Waals surface area contributed by atoms with E-state index in [1.807, 2.05) is 22.7 Å². The van der Waals surface area contributed by atoms with Crippen LogP contribution < -0.4 is 5.32 Å². The third-order valence-corrected chi connectivity index (χ3v) is 5.40. The van der Waals surface area contributed by atoms with Crippen molar-refractivity contribution in [2.45, 2.75) is 39.4 Å². The first-order valence-electron chi connectivity index (χ1n) is 7.20. The Morgan fingerprint density at radius 2 is 1.85 bits per heavy atom. The molecule has 0 amide bonds. The predicted octanol–water partition coefficient (Wildman–Crippen LogP) is 4.37. The van der Waals surface area contributed by atoms with E-state index in [9.17, 15) is 0 Å². The molecule has 20 heavy (non-hydrogen) atoms. The van der Waals surface area contributed by atoms with Crippen LogP contribution in [0.25, 0.3) is 0 Å². The van der Waals surface area contributed by atoms with E-state index in [2.05, 4.69) is 66.0 Å². The molecule has 1 atom stereocenters. The first-order valence-corrected chi connectivity index (χ1v) is 8.96. The maximum absolute atomic E-state index is 3.62. The van der Waals surface area contributed by atoms with Crippen LogP contribution in [-0.4, -0.2) is 24.0 Å². The Kier molecular flexibility index (Phi) is 6.23. The molecule has 2 aromatic rings. The van der Waals surface area contributed by atoms with E-state index in [1.165, 1.54) is 9.75 Å². The zero-order valence-electron chi connectivity index (χ0n) is 12.5. The van der Waals surface area contributed by atoms with E-state index in [0.717, 1.165) is 19.6 Å². The summed E-state index contributed by atoms with van der Waals surface area (Å²) in [6.07, 6.45) is 0. The smallest absolute Gasteiger partial charge is 0.0386 e. The first-order chi connectivity index (χ1) is 9.66. The molecule has 1 N–H and O–H groups in total. The molecule has 0 aliphatic rings. The summed E-state index contributed by atoms with van der Waals surface area (Å²) in [5.41, 5.74) is 0. The van der Waals surface area contributed by atoms with Crippen LogP contribution in [0.3, 0.4) is 0 Å². The molecule has 0 saturated heterocycles. The summed E-state index contributed by atoms with van der Waals surface area (Å²) in [5, 5.41) is 7.92. The van der Waals surface area contributed by atoms with Gasteiger partial charge >= 0.3 is 0 Å². The van der Waals surface area contributed by atoms with Gasteiger partial charge in [-0.2, -0.15) is 0 Å². The third kappa shape index (κ3) is 4.70. The largest absolute Gasteiger partial charge is 0.308 e. The lowest BCUT2D eigenvalue weighted by Crippen LogP contribution is -2.36. The van der Waals surface area contributed by atoms with Crippen LogP contribution in [0.1, 0.15) is 36.6 Å². The number of nitrogens with one attached hydrogen (secondary N) is 1. The van der Waals surface area contributed by atoms with Gasteiger partial charge in [-0.05, 0) is 43.7 Å². The van der Waals surface area contributed by atoms with Gasteiger partial charge in [-0.15, -0.1) is 22.7 Å². The Hall–Kier alpha value is -0.680. The molecule has 0 aliphatic heterocycles. The highest BCUT2D eigenvalue weighted by molar-refractivity contribution is 7.10. The van der Waals surface area contributed by atoms with Crippen LogP contribution in [0.2, 0.25) is 0 Å². The average molecular weight is 309 g/mol. The number of rotatable bonds is 8. The van der Waals surface area contributed by atoms with Gasteiger partial charge in [0.05, 0.1) is 0 Å². The molecule has 0 fully saturated rings. The summed E-state index contributed by atoms with van der Waals surface area (Å²) in [4.78, 5) is 5.39. The zero-order valence-corrected chi connectivity index (χ0v) is 14.1. The van der Waals surface area contributed by atoms with E-state index < -0.39 is 0 Å². The van der Waals surface area contributed by atoms with Crippen molar-refractivity contribution in [1.29, 1.82) is 0 Å². The molecule has 2 rings (SSSR count). The molecule has 2 heterocycles. The molecule has 0 bridgehead atoms. The van der Waals surface area contributed by atoms with Crippen molar-refractivity contribution < 1.29 is 0 Å². The highest BCUT2D eigenvalue weighted by Crippen LogP contribution is 2.18. The lowest BCUT2D eigenvalue weighted by atomic mass is 10.2. The molecule has 0 aromatic carbocycles. The molecule has 2 aromatic heterocycles. The molecule has 0 spiro atoms. The van der Waals surface area contributed by atoms with Crippen LogP contribution >= 0.6 is 22.7 Å². The van der Waals surface area contributed by atoms with Crippen molar-refractivity contribution >= 4 is 22.7 Å². The SMILES string of the molecule is CC(NCCN(Cc1cccs1)C(C)C)c1cccs1. The molecule has 0 saturated carbocycles. The fraction of sp³-hybridized carbons (Fsp3) is 0.500. The van der Waals surface area contributed by atoms with Gasteiger partial charge in [0.15, 0.2) is 0 Å². The standard InChI is InChI=1S/C16H24N2S2/c1-13(2)18(12-15-6-4-10-19-15)9-8-17-14(3)16-7-5-11-20-16/h4-7,10-11,13-14,17H,8-9,12H2,1-3H3. The van der Waals surface area contributed by atoms with Gasteiger partial charge in [0, 0.05) is 41.5 Å². The second kappa shape index (κ2) is 7.93. The molecule has 1 unspecified atom stereocenters. The third-order valence-electron chi connectivity index (χ3n) is 3.49. The van der Waals surface area contributed by atoms with E-state index in [4.69, 9.17) is 0 Å². The number of hydrogen-bond donors (Lipinski definition) is 1. The number of nitrogens with zero attached hydrogens (tertiary/aromatic N) is 1. The van der Waals surface area contributed by atoms with Gasteiger partial charge in [0.25, 0.3) is 0 Å². The van der Waals surface area contributed by atoms with Crippen LogP contribution in [0.5, 0.6) is 0 Å². The van der Waals surface area contributed by atoms with E-state index in [1.54, 1.807) is 0 Å². The monoisotopic (exact) mass is 308 g/mol. The summed E-state index contributed by atoms with van der Waals surface area (Å²) < 4.78 is 0. The maximum atomic E-state index is 3.62. The summed E-state index contributed by atoms with van der Waals surface area (Å²) in [5.74, 6) is 0. The lowest BCUT2D eigenvalue weighted by Gasteiger charge is -2.26. The fourth-order valence-electron chi connectivity index (χ4n) is 2.19. The molecule has 0 aliphatic carbocycles. The van der Waals surface area contributed by atoms with Crippen molar-refractivity contribution in [3.8, 4) is 0 Å². The Balaban J connectivity index is 1.77. The highest BCUT2D eigenvalue weighted by Gasteiger charge is 2.11. The van der Waals surface area contributed by atoms with Gasteiger partial charge in [-0.1, -0.05) is 12.1 Å². The van der Waals surface area contributed by atoms with E-state index in [0.29, 0.717) is 12.1 Å². The molecular formula is C16H24N2S2. The fourth-order valence-corrected chi connectivity index (χ4v) is 3.67. The van der Waals surface area contributed by atoms with Gasteiger partial charge < -0.3 is 5.32 Å². The normalized spacial score (nSPS) is 13.2. The van der Waals surface area contributed by atoms with Gasteiger partial charge in [-0.25, -0.2) is 0 Å². The Morgan fingerprint density at radius 1 is 1.10 bits per heavy atom. The topological polar surface area (TPSA) is 15.3 Å². The molecule has 0 radical (unpaired) electrons. The second-order valence-electron chi connectivity index (χ2n) is 5.33. The van der Waals surface area contributed by atoms with Crippen molar-refractivity contribution in [3.63, 3.8) is 0 Å². The number of thiophene rings is 2. The molecule has 110 valence electrons. The average Bonchev–Trinajstić information content (AvgIpc) is 3.10. The van der Waals surface area contributed by atoms with Crippen LogP contribution in [-0.2, 0) is 6.54 Å². The number of hydrogen-bond acceptors (Lipinski definition) is 4. The second-order valence-corrected chi connectivity index (χ2v) is 7.35. The minimum absolute atomic E-state index is 0.450. The Morgan fingerprint density at radius 3 is 2.45 bits per heavy atom. The van der Waals surface area contributed by atoms with Crippen molar-refractivity contribution in [3.05, 3.63) is 44.8 Å². The quantitative estimate of drug-likeness (QED) is 0.779. The molecule has 4 heteroatoms. The summed E-state index contributed by atoms with van der Waals surface area (Å²) >= 11 is 3.67. The Bertz CT molecular complexity index is 463. The van der Waals surface area contributed by atoms with Crippen LogP contribution in [0, 0.1) is 0 Å². The van der Waals surface area contributed by atoms with Crippen molar-refractivity contribution in [2.75, 3.05) is 13.1 Å². The van der Waals surface area contributed by atoms with Crippen LogP contribution in [0.4, 0.5) is 0 Å². The van der Waals surface area contributed by atoms with E-state index in [-0.39, 0.29) is 0 Å². The highest BCUT2D eigenvalue weighted by atomic mass is 32.1. The minimum Gasteiger partial charge on any atom is -0.308 e. The maximum Gasteiger partial charge on any atom is 0.0386 e. The van der Waals surface area contributed by atoms with Gasteiger partial charge in [0.2, 0.25) is 0 Å². The lowest BCUT2D eigenvalue weighted by molar-refractivity contribution is 0.213. The summed E-state index contributed by atoms with van der Waals surface area (Å²) in [6, 6.07) is 9.71. The van der Waals surface area contributed by atoms with Gasteiger partial charge in [-0.3, -0.25) is 4.90 Å². The summed E-state index contributed by atoms with van der Waals surface area (Å²) in [7, 11) is 0. The summed E-state index contributed by atoms with van der Waals surface area (Å²) in [6.45, 7) is 9.97. The van der Waals surface area contributed by atoms with Crippen molar-refractivity contribution in [1.82, 2.24) is 10.2 Å². The minimum atomic E-state index is 0.450. The first kappa shape index (κ1) is 15.7. The van der Waals surface area contributed by atoms with E-state index >= 15 is 0 Å². The molecule has 2 nitrogen and oxygen atoms in total. The molecular weight excluding hydrogens is 284 g/mol. The van der Waals surface area contributed by atoms with Crippen molar-refractivity contribution in [2.24, 2.45) is 0 Å². The zero-order chi connectivity index (χ0) is 14.4. The van der Waals surface area contributed by atoms with Crippen LogP contribution in [0.15, 0.2) is 35.0 Å². The predicted molar refractivity (Wildman–Crippen MR) is 90.6 cm³/mol.